The quantitative estimate of drug-likeness (QED) is 0.811. The van der Waals surface area contributed by atoms with Gasteiger partial charge in [0.25, 0.3) is 10.0 Å². The van der Waals surface area contributed by atoms with Gasteiger partial charge in [-0.1, -0.05) is 6.07 Å². The van der Waals surface area contributed by atoms with Gasteiger partial charge in [0.2, 0.25) is 5.91 Å². The van der Waals surface area contributed by atoms with Crippen molar-refractivity contribution < 1.29 is 17.9 Å². The maximum atomic E-state index is 12.7. The van der Waals surface area contributed by atoms with E-state index in [0.29, 0.717) is 43.2 Å². The van der Waals surface area contributed by atoms with E-state index in [4.69, 9.17) is 4.74 Å². The maximum absolute atomic E-state index is 12.7. The van der Waals surface area contributed by atoms with E-state index < -0.39 is 10.0 Å². The molecular weight excluding hydrogens is 348 g/mol. The van der Waals surface area contributed by atoms with Gasteiger partial charge in [-0.25, -0.2) is 8.42 Å². The number of morpholine rings is 1. The van der Waals surface area contributed by atoms with Gasteiger partial charge in [-0.15, -0.1) is 11.3 Å². The number of rotatable bonds is 3. The summed E-state index contributed by atoms with van der Waals surface area (Å²) in [6, 6.07) is 3.38. The van der Waals surface area contributed by atoms with Crippen LogP contribution in [0.4, 0.5) is 0 Å². The molecule has 1 amide bonds. The summed E-state index contributed by atoms with van der Waals surface area (Å²) in [5.41, 5.74) is 0. The summed E-state index contributed by atoms with van der Waals surface area (Å²) < 4.78 is 32.6. The van der Waals surface area contributed by atoms with Crippen molar-refractivity contribution >= 4 is 27.3 Å². The van der Waals surface area contributed by atoms with Gasteiger partial charge in [0, 0.05) is 32.1 Å². The number of hydrogen-bond acceptors (Lipinski definition) is 5. The summed E-state index contributed by atoms with van der Waals surface area (Å²) in [5, 5.41) is 1.77. The molecule has 2 fully saturated rings. The lowest BCUT2D eigenvalue weighted by atomic mass is 9.96. The van der Waals surface area contributed by atoms with Crippen molar-refractivity contribution in [3.8, 4) is 0 Å². The number of thiophene rings is 1. The Morgan fingerprint density at radius 2 is 1.83 bits per heavy atom. The van der Waals surface area contributed by atoms with E-state index in [1.54, 1.807) is 17.5 Å². The fourth-order valence-electron chi connectivity index (χ4n) is 3.50. The first-order valence-corrected chi connectivity index (χ1v) is 10.7. The van der Waals surface area contributed by atoms with Gasteiger partial charge in [-0.3, -0.25) is 4.79 Å². The number of hydrogen-bond donors (Lipinski definition) is 0. The highest BCUT2D eigenvalue weighted by Crippen LogP contribution is 2.27. The Morgan fingerprint density at radius 3 is 2.38 bits per heavy atom. The number of nitrogens with zero attached hydrogens (tertiary/aromatic N) is 2. The summed E-state index contributed by atoms with van der Waals surface area (Å²) in [6.45, 7) is 6.02. The van der Waals surface area contributed by atoms with E-state index >= 15 is 0 Å². The molecule has 2 saturated heterocycles. The standard InChI is InChI=1S/C16H24N2O4S2/c1-12-10-17(11-13(2)22-12)16(19)14-5-7-18(8-6-14)24(20,21)15-4-3-9-23-15/h3-4,9,12-14H,5-8,10-11H2,1-2H3/t12-,13-/m0/s1. The molecule has 2 aliphatic heterocycles. The normalized spacial score (nSPS) is 27.3. The fraction of sp³-hybridized carbons (Fsp3) is 0.688. The predicted molar refractivity (Wildman–Crippen MR) is 92.4 cm³/mol. The second-order valence-corrected chi connectivity index (χ2v) is 9.72. The van der Waals surface area contributed by atoms with E-state index in [2.05, 4.69) is 0 Å². The molecule has 3 rings (SSSR count). The highest BCUT2D eigenvalue weighted by atomic mass is 32.2. The largest absolute Gasteiger partial charge is 0.372 e. The second kappa shape index (κ2) is 7.11. The van der Waals surface area contributed by atoms with Crippen molar-refractivity contribution in [3.05, 3.63) is 17.5 Å². The Bertz CT molecular complexity index is 656. The Hall–Kier alpha value is -0.960. The van der Waals surface area contributed by atoms with Crippen LogP contribution in [-0.2, 0) is 19.6 Å². The molecule has 0 radical (unpaired) electrons. The molecule has 1 aromatic heterocycles. The van der Waals surface area contributed by atoms with Gasteiger partial charge in [0.15, 0.2) is 0 Å². The van der Waals surface area contributed by atoms with E-state index in [-0.39, 0.29) is 24.0 Å². The molecule has 0 saturated carbocycles. The number of sulfonamides is 1. The first-order valence-electron chi connectivity index (χ1n) is 8.36. The van der Waals surface area contributed by atoms with Crippen LogP contribution >= 0.6 is 11.3 Å². The van der Waals surface area contributed by atoms with Crippen LogP contribution in [0.2, 0.25) is 0 Å². The molecule has 24 heavy (non-hydrogen) atoms. The van der Waals surface area contributed by atoms with Gasteiger partial charge >= 0.3 is 0 Å². The first kappa shape index (κ1) is 17.8. The van der Waals surface area contributed by atoms with Crippen LogP contribution in [0.3, 0.4) is 0 Å². The number of ether oxygens (including phenoxy) is 1. The lowest BCUT2D eigenvalue weighted by Gasteiger charge is -2.39. The molecule has 134 valence electrons. The zero-order valence-corrected chi connectivity index (χ0v) is 15.7. The minimum absolute atomic E-state index is 0.0528. The van der Waals surface area contributed by atoms with E-state index in [1.165, 1.54) is 15.6 Å². The summed E-state index contributed by atoms with van der Waals surface area (Å²) in [7, 11) is -3.40. The van der Waals surface area contributed by atoms with Crippen LogP contribution in [-0.4, -0.2) is 61.9 Å². The molecule has 0 aromatic carbocycles. The highest BCUT2D eigenvalue weighted by molar-refractivity contribution is 7.91. The summed E-state index contributed by atoms with van der Waals surface area (Å²) in [6.07, 6.45) is 1.28. The topological polar surface area (TPSA) is 66.9 Å². The van der Waals surface area contributed by atoms with Crippen LogP contribution < -0.4 is 0 Å². The molecule has 0 unspecified atom stereocenters. The number of carbonyl (C=O) groups is 1. The molecule has 0 spiro atoms. The van der Waals surface area contributed by atoms with Crippen molar-refractivity contribution in [1.29, 1.82) is 0 Å². The zero-order valence-electron chi connectivity index (χ0n) is 14.1. The van der Waals surface area contributed by atoms with Crippen molar-refractivity contribution in [1.82, 2.24) is 9.21 Å². The van der Waals surface area contributed by atoms with Gasteiger partial charge in [-0.2, -0.15) is 4.31 Å². The number of piperidine rings is 1. The molecule has 6 nitrogen and oxygen atoms in total. The minimum atomic E-state index is -3.40. The predicted octanol–water partition coefficient (Wildman–Crippen LogP) is 1.78. The Kier molecular flexibility index (Phi) is 5.29. The number of amides is 1. The monoisotopic (exact) mass is 372 g/mol. The third kappa shape index (κ3) is 3.66. The zero-order chi connectivity index (χ0) is 17.3. The second-order valence-electron chi connectivity index (χ2n) is 6.61. The fourth-order valence-corrected chi connectivity index (χ4v) is 6.11. The van der Waals surface area contributed by atoms with Crippen LogP contribution in [0, 0.1) is 5.92 Å². The molecule has 0 N–H and O–H groups in total. The van der Waals surface area contributed by atoms with E-state index in [1.807, 2.05) is 18.7 Å². The number of carbonyl (C=O) groups excluding carboxylic acids is 1. The van der Waals surface area contributed by atoms with Gasteiger partial charge in [-0.05, 0) is 38.1 Å². The van der Waals surface area contributed by atoms with Crippen LogP contribution in [0.25, 0.3) is 0 Å². The average molecular weight is 373 g/mol. The summed E-state index contributed by atoms with van der Waals surface area (Å²) in [4.78, 5) is 14.6. The molecular formula is C16H24N2O4S2. The van der Waals surface area contributed by atoms with Crippen LogP contribution in [0.5, 0.6) is 0 Å². The average Bonchev–Trinajstić information content (AvgIpc) is 3.08. The molecule has 8 heteroatoms. The van der Waals surface area contributed by atoms with E-state index in [9.17, 15) is 13.2 Å². The minimum Gasteiger partial charge on any atom is -0.372 e. The lowest BCUT2D eigenvalue weighted by Crippen LogP contribution is -2.51. The van der Waals surface area contributed by atoms with E-state index in [0.717, 1.165) is 0 Å². The SMILES string of the molecule is C[C@H]1CN(C(=O)C2CCN(S(=O)(=O)c3cccs3)CC2)C[C@H](C)O1. The third-order valence-corrected chi connectivity index (χ3v) is 7.90. The Morgan fingerprint density at radius 1 is 1.21 bits per heavy atom. The van der Waals surface area contributed by atoms with Crippen molar-refractivity contribution in [3.63, 3.8) is 0 Å². The van der Waals surface area contributed by atoms with Gasteiger partial charge in [0.05, 0.1) is 12.2 Å². The molecule has 3 heterocycles. The molecule has 0 aliphatic carbocycles. The molecule has 2 atom stereocenters. The Balaban J connectivity index is 1.60. The van der Waals surface area contributed by atoms with Gasteiger partial charge < -0.3 is 9.64 Å². The highest BCUT2D eigenvalue weighted by Gasteiger charge is 2.36. The summed E-state index contributed by atoms with van der Waals surface area (Å²) in [5.74, 6) is 0.0578. The molecule has 0 bridgehead atoms. The van der Waals surface area contributed by atoms with Crippen LogP contribution in [0.15, 0.2) is 21.7 Å². The van der Waals surface area contributed by atoms with Crippen molar-refractivity contribution in [2.75, 3.05) is 26.2 Å². The molecule has 1 aromatic rings. The van der Waals surface area contributed by atoms with Crippen molar-refractivity contribution in [2.24, 2.45) is 5.92 Å². The third-order valence-electron chi connectivity index (χ3n) is 4.62. The van der Waals surface area contributed by atoms with Crippen molar-refractivity contribution in [2.45, 2.75) is 43.1 Å². The van der Waals surface area contributed by atoms with Crippen LogP contribution in [0.1, 0.15) is 26.7 Å². The molecule has 2 aliphatic rings. The van der Waals surface area contributed by atoms with Gasteiger partial charge in [0.1, 0.15) is 4.21 Å². The smallest absolute Gasteiger partial charge is 0.252 e. The lowest BCUT2D eigenvalue weighted by molar-refractivity contribution is -0.148. The first-order chi connectivity index (χ1) is 11.4. The maximum Gasteiger partial charge on any atom is 0.252 e. The summed E-state index contributed by atoms with van der Waals surface area (Å²) >= 11 is 1.24. The Labute approximate surface area is 147 Å².